The van der Waals surface area contributed by atoms with Gasteiger partial charge in [0, 0.05) is 6.54 Å². The minimum atomic E-state index is -3.53. The van der Waals surface area contributed by atoms with Crippen LogP contribution in [0, 0.1) is 11.8 Å². The van der Waals surface area contributed by atoms with Gasteiger partial charge < -0.3 is 0 Å². The molecular formula is C11H19N5O2S. The number of anilines is 1. The summed E-state index contributed by atoms with van der Waals surface area (Å²) in [5.74, 6) is 6.42. The fourth-order valence-electron chi connectivity index (χ4n) is 2.35. The van der Waals surface area contributed by atoms with Crippen LogP contribution in [0.25, 0.3) is 0 Å². The van der Waals surface area contributed by atoms with Crippen molar-refractivity contribution in [3.05, 3.63) is 12.4 Å². The minimum Gasteiger partial charge on any atom is -0.292 e. The van der Waals surface area contributed by atoms with E-state index in [9.17, 15) is 8.42 Å². The molecule has 1 aromatic rings. The molecule has 0 spiro atoms. The Hall–Kier alpha value is -1.25. The van der Waals surface area contributed by atoms with Gasteiger partial charge in [0.1, 0.15) is 4.90 Å². The predicted molar refractivity (Wildman–Crippen MR) is 71.5 cm³/mol. The second kappa shape index (κ2) is 5.81. The van der Waals surface area contributed by atoms with Crippen LogP contribution in [0.2, 0.25) is 0 Å². The lowest BCUT2D eigenvalue weighted by molar-refractivity contribution is 0.498. The van der Waals surface area contributed by atoms with E-state index in [0.29, 0.717) is 18.4 Å². The SMILES string of the molecule is CC1CCC(CNS(=O)(=O)c2cnc(NN)nc2)C1. The van der Waals surface area contributed by atoms with Gasteiger partial charge in [-0.15, -0.1) is 0 Å². The van der Waals surface area contributed by atoms with Crippen molar-refractivity contribution in [2.75, 3.05) is 12.0 Å². The lowest BCUT2D eigenvalue weighted by atomic mass is 10.1. The van der Waals surface area contributed by atoms with Gasteiger partial charge in [0.15, 0.2) is 0 Å². The third-order valence-corrected chi connectivity index (χ3v) is 4.81. The smallest absolute Gasteiger partial charge is 0.243 e. The first-order valence-electron chi connectivity index (χ1n) is 6.29. The molecule has 2 rings (SSSR count). The predicted octanol–water partition coefficient (Wildman–Crippen LogP) is 0.477. The van der Waals surface area contributed by atoms with Crippen LogP contribution in [0.5, 0.6) is 0 Å². The normalized spacial score (nSPS) is 23.5. The molecule has 1 aliphatic rings. The van der Waals surface area contributed by atoms with Crippen LogP contribution in [-0.4, -0.2) is 24.9 Å². The molecule has 7 nitrogen and oxygen atoms in total. The van der Waals surface area contributed by atoms with Gasteiger partial charge in [0.05, 0.1) is 12.4 Å². The molecule has 19 heavy (non-hydrogen) atoms. The zero-order valence-electron chi connectivity index (χ0n) is 10.8. The summed E-state index contributed by atoms with van der Waals surface area (Å²) in [7, 11) is -3.53. The van der Waals surface area contributed by atoms with Crippen molar-refractivity contribution in [1.82, 2.24) is 14.7 Å². The number of sulfonamides is 1. The number of aromatic nitrogens is 2. The summed E-state index contributed by atoms with van der Waals surface area (Å²) in [6, 6.07) is 0. The first-order chi connectivity index (χ1) is 9.01. The average Bonchev–Trinajstić information content (AvgIpc) is 2.82. The molecule has 0 radical (unpaired) electrons. The van der Waals surface area contributed by atoms with E-state index >= 15 is 0 Å². The van der Waals surface area contributed by atoms with Gasteiger partial charge in [-0.1, -0.05) is 13.3 Å². The topological polar surface area (TPSA) is 110 Å². The van der Waals surface area contributed by atoms with Crippen molar-refractivity contribution in [2.45, 2.75) is 31.1 Å². The Bertz CT molecular complexity index is 516. The van der Waals surface area contributed by atoms with Crippen LogP contribution in [-0.2, 0) is 10.0 Å². The lowest BCUT2D eigenvalue weighted by Crippen LogP contribution is -2.29. The van der Waals surface area contributed by atoms with Crippen molar-refractivity contribution in [2.24, 2.45) is 17.7 Å². The summed E-state index contributed by atoms with van der Waals surface area (Å²) in [5.41, 5.74) is 2.25. The molecule has 2 atom stereocenters. The first kappa shape index (κ1) is 14.2. The Morgan fingerprint density at radius 1 is 1.37 bits per heavy atom. The number of nitrogens with zero attached hydrogens (tertiary/aromatic N) is 2. The number of hydrogen-bond acceptors (Lipinski definition) is 6. The number of hydrogen-bond donors (Lipinski definition) is 3. The third-order valence-electron chi connectivity index (χ3n) is 3.43. The van der Waals surface area contributed by atoms with Crippen LogP contribution in [0.3, 0.4) is 0 Å². The van der Waals surface area contributed by atoms with Crippen LogP contribution in [0.1, 0.15) is 26.2 Å². The highest BCUT2D eigenvalue weighted by Crippen LogP contribution is 2.29. The van der Waals surface area contributed by atoms with Crippen molar-refractivity contribution in [3.8, 4) is 0 Å². The zero-order valence-corrected chi connectivity index (χ0v) is 11.7. The fourth-order valence-corrected chi connectivity index (χ4v) is 3.36. The fraction of sp³-hybridized carbons (Fsp3) is 0.636. The Balaban J connectivity index is 1.97. The van der Waals surface area contributed by atoms with E-state index in [0.717, 1.165) is 12.8 Å². The minimum absolute atomic E-state index is 0.0533. The molecule has 106 valence electrons. The van der Waals surface area contributed by atoms with Gasteiger partial charge in [0.25, 0.3) is 0 Å². The van der Waals surface area contributed by atoms with E-state index in [2.05, 4.69) is 27.0 Å². The summed E-state index contributed by atoms with van der Waals surface area (Å²) in [6.45, 7) is 2.67. The molecule has 1 fully saturated rings. The summed E-state index contributed by atoms with van der Waals surface area (Å²) in [6.07, 6.45) is 5.81. The van der Waals surface area contributed by atoms with Crippen LogP contribution in [0.4, 0.5) is 5.95 Å². The highest BCUT2D eigenvalue weighted by Gasteiger charge is 2.23. The molecule has 0 aliphatic heterocycles. The van der Waals surface area contributed by atoms with E-state index in [1.54, 1.807) is 0 Å². The Labute approximate surface area is 113 Å². The van der Waals surface area contributed by atoms with Crippen LogP contribution in [0.15, 0.2) is 17.3 Å². The summed E-state index contributed by atoms with van der Waals surface area (Å²) in [5, 5.41) is 0. The van der Waals surface area contributed by atoms with Gasteiger partial charge >= 0.3 is 0 Å². The Morgan fingerprint density at radius 3 is 2.58 bits per heavy atom. The number of nitrogens with two attached hydrogens (primary N) is 1. The van der Waals surface area contributed by atoms with Crippen molar-refractivity contribution in [3.63, 3.8) is 0 Å². The maximum atomic E-state index is 12.0. The number of rotatable bonds is 5. The molecule has 1 aliphatic carbocycles. The second-order valence-corrected chi connectivity index (χ2v) is 6.79. The first-order valence-corrected chi connectivity index (χ1v) is 7.78. The summed E-state index contributed by atoms with van der Waals surface area (Å²) in [4.78, 5) is 7.63. The molecule has 8 heteroatoms. The van der Waals surface area contributed by atoms with Gasteiger partial charge in [-0.25, -0.2) is 29.0 Å². The van der Waals surface area contributed by atoms with E-state index in [1.807, 2.05) is 0 Å². The summed E-state index contributed by atoms with van der Waals surface area (Å²) < 4.78 is 26.7. The Kier molecular flexibility index (Phi) is 4.33. The number of hydrazine groups is 1. The average molecular weight is 285 g/mol. The largest absolute Gasteiger partial charge is 0.292 e. The standard InChI is InChI=1S/C11H19N5O2S/c1-8-2-3-9(4-8)5-15-19(17,18)10-6-13-11(16-12)14-7-10/h6-9,15H,2-5,12H2,1H3,(H,13,14,16). The Morgan fingerprint density at radius 2 is 2.05 bits per heavy atom. The molecule has 0 bridgehead atoms. The third kappa shape index (κ3) is 3.62. The molecule has 1 aromatic heterocycles. The molecule has 2 unspecified atom stereocenters. The van der Waals surface area contributed by atoms with Gasteiger partial charge in [-0.05, 0) is 24.7 Å². The molecule has 1 saturated carbocycles. The maximum absolute atomic E-state index is 12.0. The molecule has 4 N–H and O–H groups in total. The zero-order chi connectivity index (χ0) is 13.9. The number of nitrogen functional groups attached to an aromatic ring is 1. The van der Waals surface area contributed by atoms with E-state index in [-0.39, 0.29) is 10.8 Å². The quantitative estimate of drug-likeness (QED) is 0.536. The van der Waals surface area contributed by atoms with Crippen LogP contribution >= 0.6 is 0 Å². The lowest BCUT2D eigenvalue weighted by Gasteiger charge is -2.11. The van der Waals surface area contributed by atoms with Gasteiger partial charge in [-0.3, -0.25) is 5.43 Å². The molecule has 0 saturated heterocycles. The van der Waals surface area contributed by atoms with E-state index in [1.165, 1.54) is 18.8 Å². The second-order valence-electron chi connectivity index (χ2n) is 5.02. The van der Waals surface area contributed by atoms with Crippen molar-refractivity contribution < 1.29 is 8.42 Å². The monoisotopic (exact) mass is 285 g/mol. The summed E-state index contributed by atoms with van der Waals surface area (Å²) >= 11 is 0. The van der Waals surface area contributed by atoms with E-state index in [4.69, 9.17) is 5.84 Å². The highest BCUT2D eigenvalue weighted by molar-refractivity contribution is 7.89. The highest BCUT2D eigenvalue weighted by atomic mass is 32.2. The molecular weight excluding hydrogens is 266 g/mol. The molecule has 0 aromatic carbocycles. The van der Waals surface area contributed by atoms with Gasteiger partial charge in [-0.2, -0.15) is 0 Å². The molecule has 1 heterocycles. The van der Waals surface area contributed by atoms with Crippen molar-refractivity contribution in [1.29, 1.82) is 0 Å². The van der Waals surface area contributed by atoms with E-state index < -0.39 is 10.0 Å². The van der Waals surface area contributed by atoms with Crippen molar-refractivity contribution >= 4 is 16.0 Å². The number of nitrogens with one attached hydrogen (secondary N) is 2. The molecule has 0 amide bonds. The maximum Gasteiger partial charge on any atom is 0.243 e. The van der Waals surface area contributed by atoms with Crippen LogP contribution < -0.4 is 16.0 Å². The van der Waals surface area contributed by atoms with Gasteiger partial charge in [0.2, 0.25) is 16.0 Å².